The van der Waals surface area contributed by atoms with E-state index in [0.717, 1.165) is 12.0 Å². The van der Waals surface area contributed by atoms with Crippen molar-refractivity contribution in [3.63, 3.8) is 0 Å². The zero-order valence-corrected chi connectivity index (χ0v) is 10.5. The van der Waals surface area contributed by atoms with Crippen LogP contribution in [-0.2, 0) is 4.74 Å². The molecule has 0 aliphatic carbocycles. The highest BCUT2D eigenvalue weighted by atomic mass is 16.5. The summed E-state index contributed by atoms with van der Waals surface area (Å²) < 4.78 is 10.6. The van der Waals surface area contributed by atoms with Crippen LogP contribution in [0.1, 0.15) is 42.8 Å². The van der Waals surface area contributed by atoms with E-state index in [0.29, 0.717) is 11.7 Å². The summed E-state index contributed by atoms with van der Waals surface area (Å²) in [6, 6.07) is 9.54. The van der Waals surface area contributed by atoms with Crippen LogP contribution in [0, 0.1) is 0 Å². The molecule has 0 spiro atoms. The van der Waals surface area contributed by atoms with Gasteiger partial charge in [-0.3, -0.25) is 0 Å². The number of nitrogens with two attached hydrogens (primary N) is 1. The van der Waals surface area contributed by atoms with Crippen LogP contribution < -0.4 is 5.73 Å². The minimum absolute atomic E-state index is 0.223. The Hall–Kier alpha value is -1.72. The van der Waals surface area contributed by atoms with Crippen molar-refractivity contribution in [2.24, 2.45) is 5.73 Å². The Labute approximate surface area is 106 Å². The highest BCUT2D eigenvalue weighted by Crippen LogP contribution is 2.23. The lowest BCUT2D eigenvalue weighted by Crippen LogP contribution is -2.10. The number of nitrogens with zero attached hydrogens (tertiary/aromatic N) is 2. The molecule has 2 N–H and O–H groups in total. The predicted octanol–water partition coefficient (Wildman–Crippen LogP) is 2.22. The lowest BCUT2D eigenvalue weighted by atomic mass is 10.1. The van der Waals surface area contributed by atoms with Crippen LogP contribution in [0.25, 0.3) is 0 Å². The highest BCUT2D eigenvalue weighted by molar-refractivity contribution is 5.22. The summed E-state index contributed by atoms with van der Waals surface area (Å²) in [5.74, 6) is 0.952. The van der Waals surface area contributed by atoms with E-state index in [1.807, 2.05) is 37.3 Å². The lowest BCUT2D eigenvalue weighted by molar-refractivity contribution is 0.126. The van der Waals surface area contributed by atoms with E-state index in [1.165, 1.54) is 0 Å². The first-order chi connectivity index (χ1) is 8.76. The number of aromatic nitrogens is 2. The van der Waals surface area contributed by atoms with Gasteiger partial charge in [0.25, 0.3) is 0 Å². The molecule has 1 aromatic carbocycles. The number of hydrogen-bond donors (Lipinski definition) is 1. The van der Waals surface area contributed by atoms with Crippen molar-refractivity contribution in [1.29, 1.82) is 0 Å². The molecule has 2 atom stereocenters. The third kappa shape index (κ3) is 2.57. The maximum Gasteiger partial charge on any atom is 0.243 e. The molecule has 0 fully saturated rings. The lowest BCUT2D eigenvalue weighted by Gasteiger charge is -2.10. The minimum Gasteiger partial charge on any atom is -0.369 e. The maximum absolute atomic E-state index is 5.85. The SMILES string of the molecule is CC[C@@H](N)c1nc(C(OC)c2ccccc2)no1. The van der Waals surface area contributed by atoms with Crippen LogP contribution in [0.15, 0.2) is 34.9 Å². The first kappa shape index (κ1) is 12.7. The molecule has 1 unspecified atom stereocenters. The van der Waals surface area contributed by atoms with Gasteiger partial charge in [-0.25, -0.2) is 0 Å². The summed E-state index contributed by atoms with van der Waals surface area (Å²) >= 11 is 0. The van der Waals surface area contributed by atoms with Crippen molar-refractivity contribution in [2.45, 2.75) is 25.5 Å². The number of methoxy groups -OCH3 is 1. The fourth-order valence-corrected chi connectivity index (χ4v) is 1.70. The van der Waals surface area contributed by atoms with Crippen molar-refractivity contribution in [3.8, 4) is 0 Å². The second-order valence-corrected chi connectivity index (χ2v) is 4.03. The molecule has 1 heterocycles. The molecule has 0 saturated heterocycles. The minimum atomic E-state index is -0.326. The van der Waals surface area contributed by atoms with Crippen LogP contribution in [0.5, 0.6) is 0 Å². The molecule has 0 amide bonds. The molecule has 5 heteroatoms. The summed E-state index contributed by atoms with van der Waals surface area (Å²) in [4.78, 5) is 4.30. The average molecular weight is 247 g/mol. The van der Waals surface area contributed by atoms with Gasteiger partial charge in [-0.1, -0.05) is 42.4 Å². The maximum atomic E-state index is 5.85. The van der Waals surface area contributed by atoms with Crippen molar-refractivity contribution < 1.29 is 9.26 Å². The smallest absolute Gasteiger partial charge is 0.243 e. The van der Waals surface area contributed by atoms with Gasteiger partial charge in [0, 0.05) is 7.11 Å². The Morgan fingerprint density at radius 3 is 2.67 bits per heavy atom. The van der Waals surface area contributed by atoms with Crippen molar-refractivity contribution in [2.75, 3.05) is 7.11 Å². The molecule has 0 aliphatic heterocycles. The molecule has 96 valence electrons. The van der Waals surface area contributed by atoms with Gasteiger partial charge in [-0.15, -0.1) is 0 Å². The zero-order valence-electron chi connectivity index (χ0n) is 10.5. The summed E-state index contributed by atoms with van der Waals surface area (Å²) in [7, 11) is 1.62. The van der Waals surface area contributed by atoms with E-state index in [-0.39, 0.29) is 12.1 Å². The largest absolute Gasteiger partial charge is 0.369 e. The Morgan fingerprint density at radius 2 is 2.06 bits per heavy atom. The molecule has 5 nitrogen and oxygen atoms in total. The van der Waals surface area contributed by atoms with Gasteiger partial charge in [0.2, 0.25) is 11.7 Å². The second-order valence-electron chi connectivity index (χ2n) is 4.03. The quantitative estimate of drug-likeness (QED) is 0.876. The number of rotatable bonds is 5. The van der Waals surface area contributed by atoms with Crippen LogP contribution in [0.3, 0.4) is 0 Å². The fraction of sp³-hybridized carbons (Fsp3) is 0.385. The standard InChI is InChI=1S/C13H17N3O2/c1-3-10(14)13-15-12(16-18-13)11(17-2)9-7-5-4-6-8-9/h4-8,10-11H,3,14H2,1-2H3/t10-,11?/m1/s1. The molecule has 0 bridgehead atoms. The Morgan fingerprint density at radius 1 is 1.33 bits per heavy atom. The van der Waals surface area contributed by atoms with E-state index in [4.69, 9.17) is 15.0 Å². The van der Waals surface area contributed by atoms with E-state index in [1.54, 1.807) is 7.11 Å². The summed E-state index contributed by atoms with van der Waals surface area (Å²) in [5, 5.41) is 3.94. The van der Waals surface area contributed by atoms with Crippen molar-refractivity contribution in [3.05, 3.63) is 47.6 Å². The van der Waals surface area contributed by atoms with Gasteiger partial charge in [0.1, 0.15) is 6.10 Å². The monoisotopic (exact) mass is 247 g/mol. The van der Waals surface area contributed by atoms with E-state index >= 15 is 0 Å². The highest BCUT2D eigenvalue weighted by Gasteiger charge is 2.21. The van der Waals surface area contributed by atoms with Crippen molar-refractivity contribution >= 4 is 0 Å². The van der Waals surface area contributed by atoms with Gasteiger partial charge in [0.15, 0.2) is 0 Å². The molecule has 0 saturated carbocycles. The van der Waals surface area contributed by atoms with E-state index in [9.17, 15) is 0 Å². The third-order valence-corrected chi connectivity index (χ3v) is 2.79. The third-order valence-electron chi connectivity index (χ3n) is 2.79. The Balaban J connectivity index is 2.26. The first-order valence-corrected chi connectivity index (χ1v) is 5.93. The number of hydrogen-bond acceptors (Lipinski definition) is 5. The molecular formula is C13H17N3O2. The molecule has 0 radical (unpaired) electrons. The van der Waals surface area contributed by atoms with E-state index < -0.39 is 0 Å². The van der Waals surface area contributed by atoms with Gasteiger partial charge >= 0.3 is 0 Å². The van der Waals surface area contributed by atoms with Gasteiger partial charge in [0.05, 0.1) is 6.04 Å². The molecular weight excluding hydrogens is 230 g/mol. The number of benzene rings is 1. The van der Waals surface area contributed by atoms with E-state index in [2.05, 4.69) is 10.1 Å². The van der Waals surface area contributed by atoms with Crippen LogP contribution in [-0.4, -0.2) is 17.3 Å². The van der Waals surface area contributed by atoms with Gasteiger partial charge in [-0.05, 0) is 12.0 Å². The fourth-order valence-electron chi connectivity index (χ4n) is 1.70. The molecule has 2 rings (SSSR count). The van der Waals surface area contributed by atoms with Gasteiger partial charge < -0.3 is 15.0 Å². The van der Waals surface area contributed by atoms with Crippen LogP contribution in [0.4, 0.5) is 0 Å². The second kappa shape index (κ2) is 5.75. The first-order valence-electron chi connectivity index (χ1n) is 5.93. The van der Waals surface area contributed by atoms with Crippen LogP contribution in [0.2, 0.25) is 0 Å². The average Bonchev–Trinajstić information content (AvgIpc) is 2.89. The summed E-state index contributed by atoms with van der Waals surface area (Å²) in [6.45, 7) is 1.97. The molecule has 2 aromatic rings. The summed E-state index contributed by atoms with van der Waals surface area (Å²) in [5.41, 5.74) is 6.83. The molecule has 18 heavy (non-hydrogen) atoms. The van der Waals surface area contributed by atoms with Crippen molar-refractivity contribution in [1.82, 2.24) is 10.1 Å². The molecule has 1 aromatic heterocycles. The van der Waals surface area contributed by atoms with Crippen LogP contribution >= 0.6 is 0 Å². The Bertz CT molecular complexity index is 484. The normalized spacial score (nSPS) is 14.4. The summed E-state index contributed by atoms with van der Waals surface area (Å²) in [6.07, 6.45) is 0.428. The Kier molecular flexibility index (Phi) is 4.07. The predicted molar refractivity (Wildman–Crippen MR) is 66.8 cm³/mol. The molecule has 0 aliphatic rings. The van der Waals surface area contributed by atoms with Gasteiger partial charge in [-0.2, -0.15) is 4.98 Å². The topological polar surface area (TPSA) is 74.2 Å². The number of ether oxygens (including phenoxy) is 1. The zero-order chi connectivity index (χ0) is 13.0.